The number of carbonyl (C=O) groups is 2. The minimum absolute atomic E-state index is 0.00105. The molecule has 31 heavy (non-hydrogen) atoms. The number of benzene rings is 2. The van der Waals surface area contributed by atoms with Gasteiger partial charge in [-0.1, -0.05) is 24.3 Å². The lowest BCUT2D eigenvalue weighted by Gasteiger charge is -2.23. The second-order valence-electron chi connectivity index (χ2n) is 7.89. The lowest BCUT2D eigenvalue weighted by molar-refractivity contribution is -0.124. The highest BCUT2D eigenvalue weighted by Gasteiger charge is 2.40. The van der Waals surface area contributed by atoms with E-state index < -0.39 is 32.7 Å². The lowest BCUT2D eigenvalue weighted by atomic mass is 10.1. The van der Waals surface area contributed by atoms with E-state index in [-0.39, 0.29) is 24.9 Å². The molecule has 1 aliphatic heterocycles. The van der Waals surface area contributed by atoms with Crippen molar-refractivity contribution < 1.29 is 22.4 Å². The van der Waals surface area contributed by atoms with Crippen molar-refractivity contribution >= 4 is 27.5 Å². The number of hydrogen-bond donors (Lipinski definition) is 2. The molecule has 2 aliphatic rings. The van der Waals surface area contributed by atoms with Crippen LogP contribution in [0.4, 0.5) is 10.1 Å². The molecule has 1 saturated carbocycles. The summed E-state index contributed by atoms with van der Waals surface area (Å²) < 4.78 is 41.0. The van der Waals surface area contributed by atoms with Crippen molar-refractivity contribution in [3.05, 3.63) is 59.9 Å². The number of nitrogens with one attached hydrogen (secondary N) is 2. The summed E-state index contributed by atoms with van der Waals surface area (Å²) >= 11 is 0. The third-order valence-electron chi connectivity index (χ3n) is 5.54. The molecular formula is C22H24FN3O4S. The van der Waals surface area contributed by atoms with Crippen molar-refractivity contribution in [1.82, 2.24) is 9.62 Å². The molecule has 164 valence electrons. The third-order valence-corrected chi connectivity index (χ3v) is 7.48. The first-order chi connectivity index (χ1) is 14.9. The Morgan fingerprint density at radius 3 is 2.55 bits per heavy atom. The molecule has 2 aromatic rings. The predicted molar refractivity (Wildman–Crippen MR) is 113 cm³/mol. The van der Waals surface area contributed by atoms with E-state index in [0.29, 0.717) is 18.5 Å². The van der Waals surface area contributed by atoms with Crippen molar-refractivity contribution in [2.45, 2.75) is 43.2 Å². The SMILES string of the molecule is O=C(Nc1cccc(CNC(=O)[C@@H]2CCCN2S(=O)(=O)c2ccccc2F)c1)C1CC1. The predicted octanol–water partition coefficient (Wildman–Crippen LogP) is 2.64. The zero-order valence-electron chi connectivity index (χ0n) is 16.9. The third kappa shape index (κ3) is 4.77. The number of anilines is 1. The average molecular weight is 446 g/mol. The normalized spacial score (nSPS) is 19.2. The topological polar surface area (TPSA) is 95.6 Å². The molecule has 2 fully saturated rings. The van der Waals surface area contributed by atoms with E-state index in [1.54, 1.807) is 18.2 Å². The van der Waals surface area contributed by atoms with Gasteiger partial charge >= 0.3 is 0 Å². The highest BCUT2D eigenvalue weighted by molar-refractivity contribution is 7.89. The number of rotatable bonds is 7. The van der Waals surface area contributed by atoms with Crippen molar-refractivity contribution in [2.24, 2.45) is 5.92 Å². The Morgan fingerprint density at radius 1 is 1.03 bits per heavy atom. The maximum Gasteiger partial charge on any atom is 0.246 e. The van der Waals surface area contributed by atoms with E-state index in [1.165, 1.54) is 18.2 Å². The van der Waals surface area contributed by atoms with Gasteiger partial charge in [-0.25, -0.2) is 12.8 Å². The van der Waals surface area contributed by atoms with Crippen LogP contribution < -0.4 is 10.6 Å². The number of carbonyl (C=O) groups excluding carboxylic acids is 2. The molecule has 0 radical (unpaired) electrons. The Morgan fingerprint density at radius 2 is 1.81 bits per heavy atom. The second kappa shape index (κ2) is 8.76. The first-order valence-corrected chi connectivity index (χ1v) is 11.7. The van der Waals surface area contributed by atoms with Gasteiger partial charge in [0, 0.05) is 24.7 Å². The van der Waals surface area contributed by atoms with E-state index >= 15 is 0 Å². The Bertz CT molecular complexity index is 1100. The van der Waals surface area contributed by atoms with Crippen LogP contribution in [-0.2, 0) is 26.2 Å². The van der Waals surface area contributed by atoms with Gasteiger partial charge in [0.25, 0.3) is 0 Å². The molecular weight excluding hydrogens is 421 g/mol. The fourth-order valence-corrected chi connectivity index (χ4v) is 5.45. The molecule has 2 amide bonds. The standard InChI is InChI=1S/C22H24FN3O4S/c23-18-7-1-2-9-20(18)31(29,30)26-12-4-8-19(26)22(28)24-14-15-5-3-6-17(13-15)25-21(27)16-10-11-16/h1-3,5-7,9,13,16,19H,4,8,10-12,14H2,(H,24,28)(H,25,27)/t19-/m0/s1. The van der Waals surface area contributed by atoms with Crippen molar-refractivity contribution in [3.63, 3.8) is 0 Å². The van der Waals surface area contributed by atoms with E-state index in [4.69, 9.17) is 0 Å². The highest BCUT2D eigenvalue weighted by Crippen LogP contribution is 2.30. The van der Waals surface area contributed by atoms with Gasteiger partial charge in [0.2, 0.25) is 21.8 Å². The summed E-state index contributed by atoms with van der Waals surface area (Å²) in [5.41, 5.74) is 1.44. The number of sulfonamides is 1. The summed E-state index contributed by atoms with van der Waals surface area (Å²) in [5.74, 6) is -1.17. The van der Waals surface area contributed by atoms with Crippen molar-refractivity contribution in [1.29, 1.82) is 0 Å². The molecule has 1 atom stereocenters. The summed E-state index contributed by atoms with van der Waals surface area (Å²) in [5, 5.41) is 5.64. The summed E-state index contributed by atoms with van der Waals surface area (Å²) in [6.45, 7) is 0.355. The molecule has 0 unspecified atom stereocenters. The van der Waals surface area contributed by atoms with Gasteiger partial charge in [0.15, 0.2) is 0 Å². The number of amides is 2. The van der Waals surface area contributed by atoms with Gasteiger partial charge in [-0.15, -0.1) is 0 Å². The number of hydrogen-bond acceptors (Lipinski definition) is 4. The summed E-state index contributed by atoms with van der Waals surface area (Å²) in [7, 11) is -4.12. The van der Waals surface area contributed by atoms with Crippen LogP contribution in [0.2, 0.25) is 0 Å². The van der Waals surface area contributed by atoms with Crippen LogP contribution in [0.15, 0.2) is 53.4 Å². The molecule has 0 bridgehead atoms. The van der Waals surface area contributed by atoms with Crippen LogP contribution in [0.5, 0.6) is 0 Å². The quantitative estimate of drug-likeness (QED) is 0.685. The van der Waals surface area contributed by atoms with Crippen LogP contribution in [0.1, 0.15) is 31.2 Å². The van der Waals surface area contributed by atoms with E-state index in [2.05, 4.69) is 10.6 Å². The summed E-state index contributed by atoms with van der Waals surface area (Å²) in [6.07, 6.45) is 2.72. The fourth-order valence-electron chi connectivity index (χ4n) is 3.73. The molecule has 2 N–H and O–H groups in total. The highest BCUT2D eigenvalue weighted by atomic mass is 32.2. The van der Waals surface area contributed by atoms with E-state index in [9.17, 15) is 22.4 Å². The lowest BCUT2D eigenvalue weighted by Crippen LogP contribution is -2.45. The zero-order chi connectivity index (χ0) is 22.0. The molecule has 1 saturated heterocycles. The average Bonchev–Trinajstić information content (AvgIpc) is 3.48. The van der Waals surface area contributed by atoms with Gasteiger partial charge in [-0.3, -0.25) is 9.59 Å². The molecule has 2 aromatic carbocycles. The second-order valence-corrected chi connectivity index (χ2v) is 9.74. The monoisotopic (exact) mass is 445 g/mol. The van der Waals surface area contributed by atoms with Crippen LogP contribution in [0.3, 0.4) is 0 Å². The van der Waals surface area contributed by atoms with E-state index in [1.807, 2.05) is 6.07 Å². The van der Waals surface area contributed by atoms with Crippen molar-refractivity contribution in [3.8, 4) is 0 Å². The van der Waals surface area contributed by atoms with Gasteiger partial charge in [-0.05, 0) is 55.5 Å². The Balaban J connectivity index is 1.41. The largest absolute Gasteiger partial charge is 0.351 e. The van der Waals surface area contributed by atoms with Crippen LogP contribution in [0.25, 0.3) is 0 Å². The zero-order valence-corrected chi connectivity index (χ0v) is 17.7. The van der Waals surface area contributed by atoms with Gasteiger partial charge in [0.05, 0.1) is 0 Å². The van der Waals surface area contributed by atoms with Gasteiger partial charge in [-0.2, -0.15) is 4.31 Å². The van der Waals surface area contributed by atoms with Crippen LogP contribution >= 0.6 is 0 Å². The minimum Gasteiger partial charge on any atom is -0.351 e. The van der Waals surface area contributed by atoms with Crippen LogP contribution in [0, 0.1) is 11.7 Å². The molecule has 9 heteroatoms. The number of nitrogens with zero attached hydrogens (tertiary/aromatic N) is 1. The first-order valence-electron chi connectivity index (χ1n) is 10.3. The number of halogens is 1. The maximum atomic E-state index is 14.1. The van der Waals surface area contributed by atoms with E-state index in [0.717, 1.165) is 28.8 Å². The molecule has 7 nitrogen and oxygen atoms in total. The Kier molecular flexibility index (Phi) is 6.06. The maximum absolute atomic E-state index is 14.1. The summed E-state index contributed by atoms with van der Waals surface area (Å²) in [6, 6.07) is 11.5. The molecule has 4 rings (SSSR count). The molecule has 1 aliphatic carbocycles. The van der Waals surface area contributed by atoms with Crippen LogP contribution in [-0.4, -0.2) is 37.1 Å². The molecule has 1 heterocycles. The van der Waals surface area contributed by atoms with Gasteiger partial charge in [0.1, 0.15) is 16.8 Å². The van der Waals surface area contributed by atoms with Gasteiger partial charge < -0.3 is 10.6 Å². The first kappa shape index (κ1) is 21.5. The molecule has 0 aromatic heterocycles. The minimum atomic E-state index is -4.12. The molecule has 0 spiro atoms. The smallest absolute Gasteiger partial charge is 0.246 e. The summed E-state index contributed by atoms with van der Waals surface area (Å²) in [4.78, 5) is 24.3. The van der Waals surface area contributed by atoms with Crippen molar-refractivity contribution in [2.75, 3.05) is 11.9 Å². The Labute approximate surface area is 180 Å². The fraction of sp³-hybridized carbons (Fsp3) is 0.364. The Hall–Kier alpha value is -2.78.